The lowest BCUT2D eigenvalue weighted by Gasteiger charge is -2.08. The van der Waals surface area contributed by atoms with Gasteiger partial charge in [0.1, 0.15) is 5.75 Å². The molecule has 0 aliphatic rings. The first-order valence-corrected chi connectivity index (χ1v) is 7.32. The van der Waals surface area contributed by atoms with Crippen molar-refractivity contribution in [3.63, 3.8) is 0 Å². The molecule has 0 bridgehead atoms. The van der Waals surface area contributed by atoms with Gasteiger partial charge in [0.15, 0.2) is 0 Å². The maximum Gasteiger partial charge on any atom is 0.119 e. The van der Waals surface area contributed by atoms with Crippen molar-refractivity contribution in [1.29, 1.82) is 0 Å². The van der Waals surface area contributed by atoms with Crippen LogP contribution < -0.4 is 10.1 Å². The molecule has 0 heterocycles. The molecule has 2 aromatic carbocycles. The first-order valence-electron chi connectivity index (χ1n) is 6.95. The summed E-state index contributed by atoms with van der Waals surface area (Å²) < 4.78 is 5.49. The summed E-state index contributed by atoms with van der Waals surface area (Å²) in [5.74, 6) is 0.935. The van der Waals surface area contributed by atoms with Crippen molar-refractivity contribution in [2.24, 2.45) is 0 Å². The minimum absolute atomic E-state index is 0.702. The second-order valence-electron chi connectivity index (χ2n) is 4.63. The van der Waals surface area contributed by atoms with Crippen molar-refractivity contribution in [2.45, 2.75) is 19.9 Å². The van der Waals surface area contributed by atoms with E-state index < -0.39 is 0 Å². The molecule has 0 saturated heterocycles. The van der Waals surface area contributed by atoms with Crippen molar-refractivity contribution in [3.05, 3.63) is 64.7 Å². The van der Waals surface area contributed by atoms with Crippen molar-refractivity contribution in [3.8, 4) is 5.75 Å². The van der Waals surface area contributed by atoms with E-state index in [1.54, 1.807) is 0 Å². The fourth-order valence-corrected chi connectivity index (χ4v) is 2.15. The molecule has 3 heteroatoms. The smallest absolute Gasteiger partial charge is 0.119 e. The summed E-state index contributed by atoms with van der Waals surface area (Å²) in [6.45, 7) is 4.50. The van der Waals surface area contributed by atoms with E-state index in [0.29, 0.717) is 6.61 Å². The van der Waals surface area contributed by atoms with Crippen molar-refractivity contribution >= 4 is 11.6 Å². The van der Waals surface area contributed by atoms with Gasteiger partial charge >= 0.3 is 0 Å². The number of halogens is 1. The predicted octanol–water partition coefficient (Wildman–Crippen LogP) is 4.07. The van der Waals surface area contributed by atoms with Crippen LogP contribution in [0.4, 0.5) is 0 Å². The van der Waals surface area contributed by atoms with E-state index in [9.17, 15) is 0 Å². The molecule has 0 aliphatic carbocycles. The Morgan fingerprint density at radius 3 is 2.60 bits per heavy atom. The van der Waals surface area contributed by atoms with Gasteiger partial charge in [0.05, 0.1) is 6.61 Å². The summed E-state index contributed by atoms with van der Waals surface area (Å²) in [5.41, 5.74) is 2.54. The van der Waals surface area contributed by atoms with E-state index in [4.69, 9.17) is 16.3 Å². The molecule has 0 aliphatic heterocycles. The normalized spacial score (nSPS) is 10.5. The molecule has 106 valence electrons. The third-order valence-corrected chi connectivity index (χ3v) is 3.29. The molecule has 0 unspecified atom stereocenters. The molecular weight excluding hydrogens is 270 g/mol. The van der Waals surface area contributed by atoms with E-state index in [1.165, 1.54) is 11.1 Å². The van der Waals surface area contributed by atoms with Gasteiger partial charge in [0.2, 0.25) is 0 Å². The number of nitrogens with one attached hydrogen (secondary N) is 1. The summed E-state index contributed by atoms with van der Waals surface area (Å²) in [4.78, 5) is 0. The van der Waals surface area contributed by atoms with Crippen LogP contribution in [-0.4, -0.2) is 13.2 Å². The largest absolute Gasteiger partial charge is 0.494 e. The third-order valence-electron chi connectivity index (χ3n) is 3.04. The van der Waals surface area contributed by atoms with Crippen molar-refractivity contribution in [2.75, 3.05) is 13.2 Å². The van der Waals surface area contributed by atoms with Gasteiger partial charge in [0, 0.05) is 11.6 Å². The van der Waals surface area contributed by atoms with Crippen LogP contribution in [0.25, 0.3) is 0 Å². The van der Waals surface area contributed by atoms with Gasteiger partial charge < -0.3 is 10.1 Å². The lowest BCUT2D eigenvalue weighted by Crippen LogP contribution is -2.16. The van der Waals surface area contributed by atoms with Crippen LogP contribution in [0.5, 0.6) is 5.75 Å². The number of rotatable bonds is 7. The molecule has 0 amide bonds. The highest BCUT2D eigenvalue weighted by molar-refractivity contribution is 6.30. The molecule has 0 aromatic heterocycles. The average molecular weight is 290 g/mol. The fourth-order valence-electron chi connectivity index (χ4n) is 2.03. The van der Waals surface area contributed by atoms with Crippen molar-refractivity contribution in [1.82, 2.24) is 5.32 Å². The monoisotopic (exact) mass is 289 g/mol. The van der Waals surface area contributed by atoms with Gasteiger partial charge in [-0.15, -0.1) is 0 Å². The van der Waals surface area contributed by atoms with Gasteiger partial charge in [-0.2, -0.15) is 0 Å². The highest BCUT2D eigenvalue weighted by Gasteiger charge is 1.97. The third kappa shape index (κ3) is 4.87. The molecule has 2 nitrogen and oxygen atoms in total. The van der Waals surface area contributed by atoms with E-state index in [0.717, 1.165) is 30.3 Å². The summed E-state index contributed by atoms with van der Waals surface area (Å²) in [6, 6.07) is 16.2. The predicted molar refractivity (Wildman–Crippen MR) is 84.5 cm³/mol. The van der Waals surface area contributed by atoms with Gasteiger partial charge in [-0.1, -0.05) is 35.9 Å². The molecular formula is C17H20ClNO. The summed E-state index contributed by atoms with van der Waals surface area (Å²) in [5, 5.41) is 4.23. The second kappa shape index (κ2) is 7.93. The van der Waals surface area contributed by atoms with E-state index >= 15 is 0 Å². The molecule has 20 heavy (non-hydrogen) atoms. The zero-order chi connectivity index (χ0) is 14.2. The summed E-state index contributed by atoms with van der Waals surface area (Å²) >= 11 is 5.87. The van der Waals surface area contributed by atoms with E-state index in [-0.39, 0.29) is 0 Å². The number of benzene rings is 2. The standard InChI is InChI=1S/C17H20ClNO/c1-2-20-17-5-3-4-15(12-17)13-19-11-10-14-6-8-16(18)9-7-14/h3-9,12,19H,2,10-11,13H2,1H3. The van der Waals surface area contributed by atoms with Gasteiger partial charge in [0.25, 0.3) is 0 Å². The lowest BCUT2D eigenvalue weighted by molar-refractivity contribution is 0.340. The molecule has 0 atom stereocenters. The maximum atomic E-state index is 5.87. The van der Waals surface area contributed by atoms with Gasteiger partial charge in [-0.25, -0.2) is 0 Å². The van der Waals surface area contributed by atoms with Gasteiger partial charge in [-0.05, 0) is 55.3 Å². The number of hydrogen-bond donors (Lipinski definition) is 1. The zero-order valence-corrected chi connectivity index (χ0v) is 12.5. The molecule has 0 saturated carbocycles. The number of hydrogen-bond acceptors (Lipinski definition) is 2. The minimum atomic E-state index is 0.702. The lowest BCUT2D eigenvalue weighted by atomic mass is 10.1. The minimum Gasteiger partial charge on any atom is -0.494 e. The first-order chi connectivity index (χ1) is 9.78. The Hall–Kier alpha value is -1.51. The highest BCUT2D eigenvalue weighted by Crippen LogP contribution is 2.13. The Balaban J connectivity index is 1.75. The Morgan fingerprint density at radius 1 is 1.05 bits per heavy atom. The van der Waals surface area contributed by atoms with Gasteiger partial charge in [-0.3, -0.25) is 0 Å². The Bertz CT molecular complexity index is 525. The summed E-state index contributed by atoms with van der Waals surface area (Å²) in [7, 11) is 0. The highest BCUT2D eigenvalue weighted by atomic mass is 35.5. The fraction of sp³-hybridized carbons (Fsp3) is 0.294. The Kier molecular flexibility index (Phi) is 5.90. The van der Waals surface area contributed by atoms with Crippen LogP contribution in [0.15, 0.2) is 48.5 Å². The second-order valence-corrected chi connectivity index (χ2v) is 5.07. The average Bonchev–Trinajstić information content (AvgIpc) is 2.46. The topological polar surface area (TPSA) is 21.3 Å². The van der Waals surface area contributed by atoms with Crippen LogP contribution in [-0.2, 0) is 13.0 Å². The van der Waals surface area contributed by atoms with E-state index in [2.05, 4.69) is 29.6 Å². The van der Waals surface area contributed by atoms with Crippen LogP contribution >= 0.6 is 11.6 Å². The first kappa shape index (κ1) is 14.9. The quantitative estimate of drug-likeness (QED) is 0.776. The Morgan fingerprint density at radius 2 is 1.85 bits per heavy atom. The Labute approximate surface area is 125 Å². The molecule has 0 radical (unpaired) electrons. The van der Waals surface area contributed by atoms with E-state index in [1.807, 2.05) is 31.2 Å². The molecule has 0 spiro atoms. The van der Waals surface area contributed by atoms with Crippen molar-refractivity contribution < 1.29 is 4.74 Å². The molecule has 2 aromatic rings. The maximum absolute atomic E-state index is 5.87. The SMILES string of the molecule is CCOc1cccc(CNCCc2ccc(Cl)cc2)c1. The van der Waals surface area contributed by atoms with Crippen LogP contribution in [0.1, 0.15) is 18.1 Å². The number of ether oxygens (including phenoxy) is 1. The summed E-state index contributed by atoms with van der Waals surface area (Å²) in [6.07, 6.45) is 1.00. The van der Waals surface area contributed by atoms with Crippen LogP contribution in [0, 0.1) is 0 Å². The molecule has 2 rings (SSSR count). The van der Waals surface area contributed by atoms with Crippen LogP contribution in [0.2, 0.25) is 5.02 Å². The molecule has 0 fully saturated rings. The zero-order valence-electron chi connectivity index (χ0n) is 11.7. The molecule has 1 N–H and O–H groups in total. The van der Waals surface area contributed by atoms with Crippen LogP contribution in [0.3, 0.4) is 0 Å².